The fraction of sp³-hybridized carbons (Fsp3) is 0.222. The van der Waals surface area contributed by atoms with E-state index >= 15 is 0 Å². The largest absolute Gasteiger partial charge is 0.481 e. The molecule has 1 aromatic rings. The number of carbonyl (C=O) groups is 1. The molecule has 13 heavy (non-hydrogen) atoms. The number of carboxylic acid groups (broad SMARTS) is 1. The van der Waals surface area contributed by atoms with E-state index in [4.69, 9.17) is 10.8 Å². The first-order chi connectivity index (χ1) is 6.13. The van der Waals surface area contributed by atoms with Crippen LogP contribution in [0.4, 0.5) is 0 Å². The van der Waals surface area contributed by atoms with Crippen molar-refractivity contribution in [1.82, 2.24) is 0 Å². The molecule has 0 atom stereocenters. The van der Waals surface area contributed by atoms with Crippen LogP contribution >= 0.6 is 15.9 Å². The Bertz CT molecular complexity index is 325. The summed E-state index contributed by atoms with van der Waals surface area (Å²) in [7, 11) is 0. The van der Waals surface area contributed by atoms with E-state index in [2.05, 4.69) is 15.9 Å². The van der Waals surface area contributed by atoms with Gasteiger partial charge in [-0.3, -0.25) is 4.79 Å². The Balaban J connectivity index is 3.01. The van der Waals surface area contributed by atoms with Crippen molar-refractivity contribution in [3.63, 3.8) is 0 Å². The number of halogens is 1. The predicted molar refractivity (Wildman–Crippen MR) is 53.4 cm³/mol. The Hall–Kier alpha value is -0.870. The first-order valence-corrected chi connectivity index (χ1v) is 4.62. The first-order valence-electron chi connectivity index (χ1n) is 3.82. The zero-order valence-corrected chi connectivity index (χ0v) is 8.54. The van der Waals surface area contributed by atoms with Gasteiger partial charge in [0.25, 0.3) is 0 Å². The Morgan fingerprint density at radius 3 is 2.69 bits per heavy atom. The lowest BCUT2D eigenvalue weighted by atomic mass is 10.1. The highest BCUT2D eigenvalue weighted by Crippen LogP contribution is 2.16. The third kappa shape index (κ3) is 2.82. The monoisotopic (exact) mass is 243 g/mol. The van der Waals surface area contributed by atoms with Crippen molar-refractivity contribution < 1.29 is 9.90 Å². The van der Waals surface area contributed by atoms with Crippen molar-refractivity contribution in [2.75, 3.05) is 0 Å². The lowest BCUT2D eigenvalue weighted by Gasteiger charge is -2.05. The summed E-state index contributed by atoms with van der Waals surface area (Å²) in [5.74, 6) is -0.840. The number of benzene rings is 1. The van der Waals surface area contributed by atoms with E-state index in [0.717, 1.165) is 15.6 Å². The average Bonchev–Trinajstić information content (AvgIpc) is 2.03. The van der Waals surface area contributed by atoms with Gasteiger partial charge in [-0.2, -0.15) is 0 Å². The second-order valence-corrected chi connectivity index (χ2v) is 3.60. The summed E-state index contributed by atoms with van der Waals surface area (Å²) >= 11 is 3.28. The summed E-state index contributed by atoms with van der Waals surface area (Å²) in [5.41, 5.74) is 7.12. The van der Waals surface area contributed by atoms with Crippen LogP contribution in [0.15, 0.2) is 22.7 Å². The van der Waals surface area contributed by atoms with Crippen LogP contribution in [0.1, 0.15) is 11.1 Å². The van der Waals surface area contributed by atoms with Crippen molar-refractivity contribution in [2.45, 2.75) is 13.0 Å². The number of rotatable bonds is 3. The van der Waals surface area contributed by atoms with Crippen LogP contribution in [0.25, 0.3) is 0 Å². The van der Waals surface area contributed by atoms with Crippen LogP contribution in [0.5, 0.6) is 0 Å². The third-order valence-corrected chi connectivity index (χ3v) is 2.22. The maximum absolute atomic E-state index is 10.5. The Labute approximate surface area is 84.7 Å². The minimum absolute atomic E-state index is 0.0198. The van der Waals surface area contributed by atoms with Crippen LogP contribution in [0, 0.1) is 0 Å². The van der Waals surface area contributed by atoms with Crippen molar-refractivity contribution in [3.05, 3.63) is 33.8 Å². The van der Waals surface area contributed by atoms with Crippen molar-refractivity contribution in [1.29, 1.82) is 0 Å². The zero-order chi connectivity index (χ0) is 9.84. The highest BCUT2D eigenvalue weighted by molar-refractivity contribution is 9.10. The van der Waals surface area contributed by atoms with E-state index in [9.17, 15) is 4.79 Å². The van der Waals surface area contributed by atoms with Crippen LogP contribution in [-0.2, 0) is 17.8 Å². The van der Waals surface area contributed by atoms with Gasteiger partial charge >= 0.3 is 5.97 Å². The van der Waals surface area contributed by atoms with Crippen LogP contribution in [0.2, 0.25) is 0 Å². The number of nitrogens with two attached hydrogens (primary N) is 1. The maximum Gasteiger partial charge on any atom is 0.307 e. The Kier molecular flexibility index (Phi) is 3.45. The van der Waals surface area contributed by atoms with Gasteiger partial charge < -0.3 is 10.8 Å². The molecule has 0 heterocycles. The lowest BCUT2D eigenvalue weighted by molar-refractivity contribution is -0.136. The zero-order valence-electron chi connectivity index (χ0n) is 6.96. The molecule has 0 aliphatic rings. The van der Waals surface area contributed by atoms with Crippen molar-refractivity contribution in [3.8, 4) is 0 Å². The fourth-order valence-electron chi connectivity index (χ4n) is 1.12. The van der Waals surface area contributed by atoms with Crippen molar-refractivity contribution >= 4 is 21.9 Å². The quantitative estimate of drug-likeness (QED) is 0.847. The number of hydrogen-bond acceptors (Lipinski definition) is 2. The molecule has 1 aromatic carbocycles. The molecule has 0 radical (unpaired) electrons. The van der Waals surface area contributed by atoms with Crippen LogP contribution < -0.4 is 5.73 Å². The Morgan fingerprint density at radius 1 is 1.46 bits per heavy atom. The predicted octanol–water partition coefficient (Wildman–Crippen LogP) is 1.53. The highest BCUT2D eigenvalue weighted by Gasteiger charge is 2.05. The fourth-order valence-corrected chi connectivity index (χ4v) is 1.53. The van der Waals surface area contributed by atoms with Gasteiger partial charge in [0.05, 0.1) is 6.42 Å². The second-order valence-electron chi connectivity index (χ2n) is 2.69. The summed E-state index contributed by atoms with van der Waals surface area (Å²) in [4.78, 5) is 10.5. The Morgan fingerprint density at radius 2 is 2.15 bits per heavy atom. The average molecular weight is 244 g/mol. The molecule has 0 saturated heterocycles. The van der Waals surface area contributed by atoms with E-state index in [0.29, 0.717) is 6.54 Å². The van der Waals surface area contributed by atoms with Gasteiger partial charge in [-0.25, -0.2) is 0 Å². The standard InChI is InChI=1S/C9H10BrNO2/c10-8-2-1-6(5-11)7(3-8)4-9(12)13/h1-3H,4-5,11H2,(H,12,13). The normalized spacial score (nSPS) is 10.0. The smallest absolute Gasteiger partial charge is 0.307 e. The van der Waals surface area contributed by atoms with E-state index in [-0.39, 0.29) is 6.42 Å². The van der Waals surface area contributed by atoms with Gasteiger partial charge in [-0.1, -0.05) is 22.0 Å². The summed E-state index contributed by atoms with van der Waals surface area (Å²) in [6, 6.07) is 5.48. The van der Waals surface area contributed by atoms with Gasteiger partial charge in [0.1, 0.15) is 0 Å². The molecule has 0 aliphatic heterocycles. The number of carboxylic acids is 1. The molecule has 0 fully saturated rings. The molecule has 3 nitrogen and oxygen atoms in total. The molecule has 0 bridgehead atoms. The third-order valence-electron chi connectivity index (χ3n) is 1.73. The molecule has 0 spiro atoms. The SMILES string of the molecule is NCc1ccc(Br)cc1CC(=O)O. The minimum Gasteiger partial charge on any atom is -0.481 e. The van der Waals surface area contributed by atoms with Crippen LogP contribution in [-0.4, -0.2) is 11.1 Å². The van der Waals surface area contributed by atoms with E-state index < -0.39 is 5.97 Å². The highest BCUT2D eigenvalue weighted by atomic mass is 79.9. The van der Waals surface area contributed by atoms with Gasteiger partial charge in [-0.15, -0.1) is 0 Å². The van der Waals surface area contributed by atoms with Gasteiger partial charge in [-0.05, 0) is 23.3 Å². The molecular weight excluding hydrogens is 234 g/mol. The van der Waals surface area contributed by atoms with E-state index in [1.54, 1.807) is 6.07 Å². The van der Waals surface area contributed by atoms with E-state index in [1.807, 2.05) is 12.1 Å². The molecule has 70 valence electrons. The summed E-state index contributed by atoms with van der Waals surface area (Å²) in [6.07, 6.45) is 0.0198. The minimum atomic E-state index is -0.840. The van der Waals surface area contributed by atoms with Gasteiger partial charge in [0.2, 0.25) is 0 Å². The summed E-state index contributed by atoms with van der Waals surface area (Å²) < 4.78 is 0.876. The topological polar surface area (TPSA) is 63.3 Å². The summed E-state index contributed by atoms with van der Waals surface area (Å²) in [5, 5.41) is 8.62. The molecule has 4 heteroatoms. The number of hydrogen-bond donors (Lipinski definition) is 2. The molecule has 0 saturated carbocycles. The molecular formula is C9H10BrNO2. The molecule has 1 rings (SSSR count). The summed E-state index contributed by atoms with van der Waals surface area (Å²) in [6.45, 7) is 0.371. The lowest BCUT2D eigenvalue weighted by Crippen LogP contribution is -2.06. The van der Waals surface area contributed by atoms with Gasteiger partial charge in [0.15, 0.2) is 0 Å². The molecule has 0 unspecified atom stereocenters. The molecule has 3 N–H and O–H groups in total. The van der Waals surface area contributed by atoms with Crippen LogP contribution in [0.3, 0.4) is 0 Å². The second kappa shape index (κ2) is 4.39. The van der Waals surface area contributed by atoms with Crippen molar-refractivity contribution in [2.24, 2.45) is 5.73 Å². The maximum atomic E-state index is 10.5. The number of aliphatic carboxylic acids is 1. The van der Waals surface area contributed by atoms with E-state index in [1.165, 1.54) is 0 Å². The first kappa shape index (κ1) is 10.2. The molecule has 0 aromatic heterocycles. The molecule has 0 amide bonds. The molecule has 0 aliphatic carbocycles. The van der Waals surface area contributed by atoms with Gasteiger partial charge in [0, 0.05) is 11.0 Å².